The van der Waals surface area contributed by atoms with Gasteiger partial charge in [-0.3, -0.25) is 4.79 Å². The molecule has 0 aliphatic heterocycles. The number of amides is 1. The van der Waals surface area contributed by atoms with E-state index in [1.807, 2.05) is 38.1 Å². The molecule has 82 valence electrons. The van der Waals surface area contributed by atoms with Crippen LogP contribution in [-0.2, 0) is 0 Å². The van der Waals surface area contributed by atoms with Gasteiger partial charge in [0.25, 0.3) is 5.91 Å². The molecule has 0 aliphatic carbocycles. The third kappa shape index (κ3) is 1.95. The first-order chi connectivity index (χ1) is 7.68. The molecule has 2 aromatic rings. The molecule has 0 fully saturated rings. The first-order valence-electron chi connectivity index (χ1n) is 5.05. The average Bonchev–Trinajstić information content (AvgIpc) is 2.68. The van der Waals surface area contributed by atoms with Gasteiger partial charge in [0.05, 0.1) is 6.33 Å². The van der Waals surface area contributed by atoms with E-state index in [0.29, 0.717) is 5.69 Å². The van der Waals surface area contributed by atoms with E-state index >= 15 is 0 Å². The minimum Gasteiger partial charge on any atom is -0.348 e. The van der Waals surface area contributed by atoms with Gasteiger partial charge < -0.3 is 10.3 Å². The van der Waals surface area contributed by atoms with Crippen molar-refractivity contribution in [3.63, 3.8) is 0 Å². The van der Waals surface area contributed by atoms with Crippen molar-refractivity contribution in [2.24, 2.45) is 0 Å². The summed E-state index contributed by atoms with van der Waals surface area (Å²) < 4.78 is 0. The number of nitrogens with zero attached hydrogens (tertiary/aromatic N) is 1. The van der Waals surface area contributed by atoms with Gasteiger partial charge in [0.1, 0.15) is 5.69 Å². The first-order valence-corrected chi connectivity index (χ1v) is 5.05. The smallest absolute Gasteiger partial charge is 0.276 e. The van der Waals surface area contributed by atoms with E-state index in [-0.39, 0.29) is 5.91 Å². The molecule has 1 amide bonds. The fraction of sp³-hybridized carbons (Fsp3) is 0.167. The fourth-order valence-corrected chi connectivity index (χ4v) is 1.48. The number of anilines is 1. The number of nitrogens with one attached hydrogen (secondary N) is 2. The van der Waals surface area contributed by atoms with Crippen molar-refractivity contribution in [3.8, 4) is 0 Å². The number of aromatic amines is 1. The van der Waals surface area contributed by atoms with E-state index in [4.69, 9.17) is 0 Å². The lowest BCUT2D eigenvalue weighted by molar-refractivity contribution is 0.102. The zero-order chi connectivity index (χ0) is 11.5. The summed E-state index contributed by atoms with van der Waals surface area (Å²) in [4.78, 5) is 18.7. The second-order valence-corrected chi connectivity index (χ2v) is 3.65. The van der Waals surface area contributed by atoms with Gasteiger partial charge in [-0.25, -0.2) is 4.98 Å². The van der Waals surface area contributed by atoms with Crippen LogP contribution >= 0.6 is 0 Å². The van der Waals surface area contributed by atoms with Crippen LogP contribution in [0.15, 0.2) is 30.6 Å². The number of carbonyl (C=O) groups is 1. The van der Waals surface area contributed by atoms with E-state index in [0.717, 1.165) is 16.9 Å². The van der Waals surface area contributed by atoms with Crippen molar-refractivity contribution in [1.82, 2.24) is 9.97 Å². The van der Waals surface area contributed by atoms with Crippen LogP contribution in [-0.4, -0.2) is 15.9 Å². The summed E-state index contributed by atoms with van der Waals surface area (Å²) in [5.74, 6) is -0.187. The molecule has 0 saturated carbocycles. The number of aromatic nitrogens is 2. The molecule has 1 heterocycles. The van der Waals surface area contributed by atoms with Crippen molar-refractivity contribution in [3.05, 3.63) is 47.5 Å². The monoisotopic (exact) mass is 215 g/mol. The number of H-pyrrole nitrogens is 1. The van der Waals surface area contributed by atoms with Crippen LogP contribution in [0.5, 0.6) is 0 Å². The highest BCUT2D eigenvalue weighted by Crippen LogP contribution is 2.14. The molecule has 2 rings (SSSR count). The van der Waals surface area contributed by atoms with Crippen LogP contribution in [0.3, 0.4) is 0 Å². The Bertz CT molecular complexity index is 516. The van der Waals surface area contributed by atoms with Crippen LogP contribution in [0.2, 0.25) is 0 Å². The Morgan fingerprint density at radius 2 is 2.06 bits per heavy atom. The summed E-state index contributed by atoms with van der Waals surface area (Å²) in [6.07, 6.45) is 1.52. The lowest BCUT2D eigenvalue weighted by Crippen LogP contribution is -2.14. The minimum absolute atomic E-state index is 0.187. The van der Waals surface area contributed by atoms with E-state index in [2.05, 4.69) is 15.3 Å². The Hall–Kier alpha value is -2.10. The van der Waals surface area contributed by atoms with Gasteiger partial charge in [0, 0.05) is 11.4 Å². The van der Waals surface area contributed by atoms with Gasteiger partial charge in [-0.05, 0) is 25.5 Å². The van der Waals surface area contributed by atoms with Gasteiger partial charge in [0.2, 0.25) is 0 Å². The highest BCUT2D eigenvalue weighted by atomic mass is 16.1. The number of carbonyl (C=O) groups excluding carboxylic acids is 1. The van der Waals surface area contributed by atoms with Gasteiger partial charge in [-0.2, -0.15) is 0 Å². The molecule has 0 spiro atoms. The zero-order valence-electron chi connectivity index (χ0n) is 9.24. The predicted molar refractivity (Wildman–Crippen MR) is 62.5 cm³/mol. The molecule has 0 atom stereocenters. The summed E-state index contributed by atoms with van der Waals surface area (Å²) in [6.45, 7) is 3.77. The number of para-hydroxylation sites is 1. The normalized spacial score (nSPS) is 10.1. The third-order valence-corrected chi connectivity index (χ3v) is 2.44. The molecule has 4 nitrogen and oxygen atoms in total. The molecular formula is C12H13N3O. The topological polar surface area (TPSA) is 57.8 Å². The molecule has 16 heavy (non-hydrogen) atoms. The molecular weight excluding hydrogens is 202 g/mol. The van der Waals surface area contributed by atoms with E-state index < -0.39 is 0 Å². The van der Waals surface area contributed by atoms with Crippen molar-refractivity contribution in [2.45, 2.75) is 13.8 Å². The summed E-state index contributed by atoms with van der Waals surface area (Å²) in [5.41, 5.74) is 3.05. The lowest BCUT2D eigenvalue weighted by Gasteiger charge is -2.06. The zero-order valence-corrected chi connectivity index (χ0v) is 9.24. The van der Waals surface area contributed by atoms with Crippen LogP contribution in [0.1, 0.15) is 21.7 Å². The largest absolute Gasteiger partial charge is 0.348 e. The van der Waals surface area contributed by atoms with Crippen molar-refractivity contribution >= 4 is 11.6 Å². The van der Waals surface area contributed by atoms with Crippen LogP contribution in [0, 0.1) is 13.8 Å². The summed E-state index contributed by atoms with van der Waals surface area (Å²) in [5, 5.41) is 2.83. The molecule has 0 unspecified atom stereocenters. The van der Waals surface area contributed by atoms with Crippen molar-refractivity contribution < 1.29 is 4.79 Å². The maximum atomic E-state index is 11.9. The Morgan fingerprint density at radius 1 is 1.31 bits per heavy atom. The maximum absolute atomic E-state index is 11.9. The molecule has 0 aliphatic rings. The van der Waals surface area contributed by atoms with Gasteiger partial charge in [0.15, 0.2) is 0 Å². The minimum atomic E-state index is -0.187. The number of imidazole rings is 1. The summed E-state index contributed by atoms with van der Waals surface area (Å²) in [7, 11) is 0. The first kappa shape index (κ1) is 10.4. The standard InChI is InChI=1S/C12H13N3O/c1-8-5-3-4-6-10(8)15-12(16)11-9(2)13-7-14-11/h3-7H,1-2H3,(H,13,14)(H,15,16). The van der Waals surface area contributed by atoms with Crippen molar-refractivity contribution in [2.75, 3.05) is 5.32 Å². The Morgan fingerprint density at radius 3 is 2.69 bits per heavy atom. The SMILES string of the molecule is Cc1ccccc1NC(=O)c1nc[nH]c1C. The molecule has 2 N–H and O–H groups in total. The molecule has 0 radical (unpaired) electrons. The second kappa shape index (κ2) is 4.18. The highest BCUT2D eigenvalue weighted by Gasteiger charge is 2.12. The maximum Gasteiger partial charge on any atom is 0.276 e. The Balaban J connectivity index is 2.21. The summed E-state index contributed by atoms with van der Waals surface area (Å²) >= 11 is 0. The number of aryl methyl sites for hydroxylation is 2. The molecule has 0 saturated heterocycles. The van der Waals surface area contributed by atoms with Crippen LogP contribution in [0.25, 0.3) is 0 Å². The third-order valence-electron chi connectivity index (χ3n) is 2.44. The number of hydrogen-bond acceptors (Lipinski definition) is 2. The number of benzene rings is 1. The lowest BCUT2D eigenvalue weighted by atomic mass is 10.2. The molecule has 1 aromatic heterocycles. The Labute approximate surface area is 93.7 Å². The molecule has 1 aromatic carbocycles. The van der Waals surface area contributed by atoms with E-state index in [1.54, 1.807) is 0 Å². The van der Waals surface area contributed by atoms with Crippen LogP contribution in [0.4, 0.5) is 5.69 Å². The van der Waals surface area contributed by atoms with Gasteiger partial charge >= 0.3 is 0 Å². The summed E-state index contributed by atoms with van der Waals surface area (Å²) in [6, 6.07) is 7.65. The Kier molecular flexibility index (Phi) is 2.72. The van der Waals surface area contributed by atoms with Crippen LogP contribution < -0.4 is 5.32 Å². The average molecular weight is 215 g/mol. The fourth-order valence-electron chi connectivity index (χ4n) is 1.48. The number of hydrogen-bond donors (Lipinski definition) is 2. The van der Waals surface area contributed by atoms with Gasteiger partial charge in [-0.15, -0.1) is 0 Å². The van der Waals surface area contributed by atoms with E-state index in [9.17, 15) is 4.79 Å². The van der Waals surface area contributed by atoms with E-state index in [1.165, 1.54) is 6.33 Å². The number of rotatable bonds is 2. The second-order valence-electron chi connectivity index (χ2n) is 3.65. The predicted octanol–water partition coefficient (Wildman–Crippen LogP) is 2.28. The van der Waals surface area contributed by atoms with Gasteiger partial charge in [-0.1, -0.05) is 18.2 Å². The highest BCUT2D eigenvalue weighted by molar-refractivity contribution is 6.03. The molecule has 4 heteroatoms. The molecule has 0 bridgehead atoms. The van der Waals surface area contributed by atoms with Crippen molar-refractivity contribution in [1.29, 1.82) is 0 Å². The quantitative estimate of drug-likeness (QED) is 0.807.